The molecule has 0 saturated heterocycles. The van der Waals surface area contributed by atoms with Gasteiger partial charge in [-0.25, -0.2) is 0 Å². The normalized spacial score (nSPS) is 10.2. The van der Waals surface area contributed by atoms with Crippen LogP contribution in [0.4, 0.5) is 0 Å². The molecule has 0 saturated carbocycles. The molecule has 24 heavy (non-hydrogen) atoms. The molecule has 1 heterocycles. The summed E-state index contributed by atoms with van der Waals surface area (Å²) in [6.07, 6.45) is 0. The molecule has 2 aromatic carbocycles. The number of benzene rings is 2. The van der Waals surface area contributed by atoms with Crippen LogP contribution in [0.5, 0.6) is 0 Å². The third-order valence-electron chi connectivity index (χ3n) is 3.28. The average Bonchev–Trinajstić information content (AvgIpc) is 3.11. The van der Waals surface area contributed by atoms with Gasteiger partial charge in [-0.15, -0.1) is 0 Å². The number of furan rings is 1. The van der Waals surface area contributed by atoms with Gasteiger partial charge in [0.2, 0.25) is 0 Å². The minimum Gasteiger partial charge on any atom is -0.451 e. The Kier molecular flexibility index (Phi) is 4.63. The van der Waals surface area contributed by atoms with Crippen LogP contribution in [-0.4, -0.2) is 11.8 Å². The number of hydrazine groups is 1. The second-order valence-corrected chi connectivity index (χ2v) is 5.38. The highest BCUT2D eigenvalue weighted by Crippen LogP contribution is 2.21. The van der Waals surface area contributed by atoms with Gasteiger partial charge in [0.25, 0.3) is 5.91 Å². The Bertz CT molecular complexity index is 857. The summed E-state index contributed by atoms with van der Waals surface area (Å²) in [7, 11) is 0. The number of hydrogen-bond acceptors (Lipinski definition) is 3. The predicted octanol–water partition coefficient (Wildman–Crippen LogP) is 3.67. The van der Waals surface area contributed by atoms with Crippen LogP contribution in [0.15, 0.2) is 71.1 Å². The van der Waals surface area contributed by atoms with E-state index in [1.807, 2.05) is 30.3 Å². The summed E-state index contributed by atoms with van der Waals surface area (Å²) in [6, 6.07) is 19.0. The summed E-state index contributed by atoms with van der Waals surface area (Å²) in [4.78, 5) is 24.0. The first-order valence-corrected chi connectivity index (χ1v) is 7.53. The maximum absolute atomic E-state index is 12.0. The molecule has 2 N–H and O–H groups in total. The number of carbonyl (C=O) groups is 2. The van der Waals surface area contributed by atoms with Crippen molar-refractivity contribution >= 4 is 23.4 Å². The van der Waals surface area contributed by atoms with Gasteiger partial charge in [0.1, 0.15) is 5.76 Å². The molecule has 1 aromatic heterocycles. The Morgan fingerprint density at radius 1 is 0.792 bits per heavy atom. The van der Waals surface area contributed by atoms with Crippen LogP contribution in [0, 0.1) is 0 Å². The summed E-state index contributed by atoms with van der Waals surface area (Å²) in [5.41, 5.74) is 5.88. The summed E-state index contributed by atoms with van der Waals surface area (Å²) < 4.78 is 5.50. The molecule has 0 unspecified atom stereocenters. The molecule has 0 atom stereocenters. The molecule has 0 fully saturated rings. The number of halogens is 1. The van der Waals surface area contributed by atoms with Gasteiger partial charge >= 0.3 is 5.91 Å². The summed E-state index contributed by atoms with van der Waals surface area (Å²) in [5, 5.41) is 0.527. The van der Waals surface area contributed by atoms with E-state index < -0.39 is 11.8 Å². The van der Waals surface area contributed by atoms with Gasteiger partial charge in [-0.3, -0.25) is 20.4 Å². The standard InChI is InChI=1S/C18H13ClN2O3/c19-14-8-6-13(7-9-14)17(22)20-21-18(23)16-11-10-15(24-16)12-4-2-1-3-5-12/h1-11H,(H,20,22)(H,21,23). The third kappa shape index (κ3) is 3.64. The van der Waals surface area contributed by atoms with Gasteiger partial charge in [0.15, 0.2) is 5.76 Å². The van der Waals surface area contributed by atoms with Gasteiger partial charge in [-0.1, -0.05) is 41.9 Å². The minimum absolute atomic E-state index is 0.102. The molecule has 3 aromatic rings. The molecule has 2 amide bonds. The molecular weight excluding hydrogens is 328 g/mol. The fourth-order valence-electron chi connectivity index (χ4n) is 2.07. The fraction of sp³-hybridized carbons (Fsp3) is 0. The second kappa shape index (κ2) is 7.02. The molecule has 3 rings (SSSR count). The Labute approximate surface area is 143 Å². The lowest BCUT2D eigenvalue weighted by Crippen LogP contribution is -2.41. The average molecular weight is 341 g/mol. The molecule has 0 bridgehead atoms. The quantitative estimate of drug-likeness (QED) is 0.714. The first-order chi connectivity index (χ1) is 11.6. The van der Waals surface area contributed by atoms with Crippen molar-refractivity contribution in [3.63, 3.8) is 0 Å². The number of rotatable bonds is 3. The molecule has 6 heteroatoms. The van der Waals surface area contributed by atoms with E-state index >= 15 is 0 Å². The SMILES string of the molecule is O=C(NNC(=O)c1ccc(-c2ccccc2)o1)c1ccc(Cl)cc1. The topological polar surface area (TPSA) is 71.3 Å². The Morgan fingerprint density at radius 3 is 2.17 bits per heavy atom. The molecule has 0 radical (unpaired) electrons. The van der Waals surface area contributed by atoms with E-state index in [4.69, 9.17) is 16.0 Å². The first kappa shape index (κ1) is 15.8. The summed E-state index contributed by atoms with van der Waals surface area (Å²) >= 11 is 5.76. The fourth-order valence-corrected chi connectivity index (χ4v) is 2.19. The Hall–Kier alpha value is -3.05. The zero-order valence-corrected chi connectivity index (χ0v) is 13.2. The molecule has 5 nitrogen and oxygen atoms in total. The van der Waals surface area contributed by atoms with Crippen molar-refractivity contribution in [1.82, 2.24) is 10.9 Å². The van der Waals surface area contributed by atoms with Crippen LogP contribution >= 0.6 is 11.6 Å². The van der Waals surface area contributed by atoms with Crippen molar-refractivity contribution in [2.45, 2.75) is 0 Å². The summed E-state index contributed by atoms with van der Waals surface area (Å²) in [6.45, 7) is 0. The van der Waals surface area contributed by atoms with E-state index in [0.29, 0.717) is 16.3 Å². The zero-order chi connectivity index (χ0) is 16.9. The molecular formula is C18H13ClN2O3. The van der Waals surface area contributed by atoms with Gasteiger partial charge in [0.05, 0.1) is 0 Å². The van der Waals surface area contributed by atoms with Crippen LogP contribution in [0.25, 0.3) is 11.3 Å². The van der Waals surface area contributed by atoms with Crippen LogP contribution in [0.1, 0.15) is 20.9 Å². The number of nitrogens with one attached hydrogen (secondary N) is 2. The van der Waals surface area contributed by atoms with E-state index in [2.05, 4.69) is 10.9 Å². The summed E-state index contributed by atoms with van der Waals surface area (Å²) in [5.74, 6) is -0.315. The van der Waals surface area contributed by atoms with Crippen molar-refractivity contribution in [3.8, 4) is 11.3 Å². The third-order valence-corrected chi connectivity index (χ3v) is 3.54. The maximum Gasteiger partial charge on any atom is 0.305 e. The van der Waals surface area contributed by atoms with Gasteiger partial charge in [-0.05, 0) is 36.4 Å². The van der Waals surface area contributed by atoms with Crippen LogP contribution in [-0.2, 0) is 0 Å². The molecule has 0 spiro atoms. The second-order valence-electron chi connectivity index (χ2n) is 4.95. The maximum atomic E-state index is 12.0. The number of amides is 2. The van der Waals surface area contributed by atoms with Crippen molar-refractivity contribution in [2.75, 3.05) is 0 Å². The molecule has 0 aliphatic rings. The van der Waals surface area contributed by atoms with E-state index in [1.54, 1.807) is 36.4 Å². The van der Waals surface area contributed by atoms with Gasteiger partial charge in [0, 0.05) is 16.1 Å². The van der Waals surface area contributed by atoms with Crippen LogP contribution in [0.3, 0.4) is 0 Å². The molecule has 0 aliphatic heterocycles. The van der Waals surface area contributed by atoms with E-state index in [1.165, 1.54) is 0 Å². The van der Waals surface area contributed by atoms with E-state index in [0.717, 1.165) is 5.56 Å². The molecule has 120 valence electrons. The lowest BCUT2D eigenvalue weighted by Gasteiger charge is -2.06. The molecule has 0 aliphatic carbocycles. The van der Waals surface area contributed by atoms with Gasteiger partial charge in [-0.2, -0.15) is 0 Å². The van der Waals surface area contributed by atoms with Crippen LogP contribution in [0.2, 0.25) is 5.02 Å². The zero-order valence-electron chi connectivity index (χ0n) is 12.5. The Balaban J connectivity index is 1.62. The largest absolute Gasteiger partial charge is 0.451 e. The lowest BCUT2D eigenvalue weighted by molar-refractivity contribution is 0.0831. The van der Waals surface area contributed by atoms with Crippen molar-refractivity contribution < 1.29 is 14.0 Å². The number of hydrogen-bond donors (Lipinski definition) is 2. The first-order valence-electron chi connectivity index (χ1n) is 7.15. The predicted molar refractivity (Wildman–Crippen MR) is 90.5 cm³/mol. The number of carbonyl (C=O) groups excluding carboxylic acids is 2. The van der Waals surface area contributed by atoms with Crippen LogP contribution < -0.4 is 10.9 Å². The smallest absolute Gasteiger partial charge is 0.305 e. The van der Waals surface area contributed by atoms with Crippen molar-refractivity contribution in [3.05, 3.63) is 83.1 Å². The highest BCUT2D eigenvalue weighted by atomic mass is 35.5. The minimum atomic E-state index is -0.542. The van der Waals surface area contributed by atoms with E-state index in [-0.39, 0.29) is 5.76 Å². The monoisotopic (exact) mass is 340 g/mol. The lowest BCUT2D eigenvalue weighted by atomic mass is 10.2. The highest BCUT2D eigenvalue weighted by molar-refractivity contribution is 6.30. The van der Waals surface area contributed by atoms with E-state index in [9.17, 15) is 9.59 Å². The Morgan fingerprint density at radius 2 is 1.46 bits per heavy atom. The highest BCUT2D eigenvalue weighted by Gasteiger charge is 2.13. The van der Waals surface area contributed by atoms with Crippen molar-refractivity contribution in [1.29, 1.82) is 0 Å². The van der Waals surface area contributed by atoms with Crippen molar-refractivity contribution in [2.24, 2.45) is 0 Å². The van der Waals surface area contributed by atoms with Gasteiger partial charge < -0.3 is 4.42 Å².